The van der Waals surface area contributed by atoms with Crippen LogP contribution in [0.5, 0.6) is 0 Å². The number of carbonyl (C=O) groups is 3. The second-order valence-corrected chi connectivity index (χ2v) is 13.0. The molecule has 0 saturated carbocycles. The van der Waals surface area contributed by atoms with Gasteiger partial charge in [0.25, 0.3) is 0 Å². The molecule has 5 rings (SSSR count). The van der Waals surface area contributed by atoms with Gasteiger partial charge in [-0.25, -0.2) is 19.4 Å². The molecule has 308 valence electrons. The smallest absolute Gasteiger partial charge is 0.753 e. The number of pyridine rings is 4. The minimum atomic E-state index is -4.78. The van der Waals surface area contributed by atoms with Gasteiger partial charge >= 0.3 is 43.6 Å². The Labute approximate surface area is 363 Å². The Morgan fingerprint density at radius 3 is 1.88 bits per heavy atom. The number of nitrogens with one attached hydrogen (secondary N) is 2. The van der Waals surface area contributed by atoms with Gasteiger partial charge in [-0.3, -0.25) is 20.4 Å². The summed E-state index contributed by atoms with van der Waals surface area (Å²) >= 11 is 5.26. The monoisotopic (exact) mass is 941 g/mol. The molecule has 13 nitrogen and oxygen atoms in total. The fraction of sp³-hybridized carbons (Fsp3) is 0.146. The van der Waals surface area contributed by atoms with E-state index >= 15 is 0 Å². The van der Waals surface area contributed by atoms with Crippen molar-refractivity contribution in [3.05, 3.63) is 134 Å². The number of hydrogen-bond acceptors (Lipinski definition) is 10. The molecule has 0 radical (unpaired) electrons. The van der Waals surface area contributed by atoms with Crippen molar-refractivity contribution in [3.8, 4) is 34.6 Å². The SMILES string of the molecule is CCCCCC#Cc1ccc(/C=C/c2ccnc(/C([NH-])=C/C(=N)C(F)(F)F)c2)s1.O=C(O)c1ccnc(-c2cc(C(=O)O)cc(-c3cc(C(=O)O)ccn3)n2)c1.[N-]=C=S.[Ru+2]. The average molecular weight is 941 g/mol. The van der Waals surface area contributed by atoms with Gasteiger partial charge in [0.15, 0.2) is 0 Å². The van der Waals surface area contributed by atoms with Gasteiger partial charge in [0.1, 0.15) is 5.71 Å². The number of thiocarbonyl (C=S) groups is 1. The van der Waals surface area contributed by atoms with Crippen molar-refractivity contribution in [3.63, 3.8) is 0 Å². The van der Waals surface area contributed by atoms with Crippen molar-refractivity contribution in [1.29, 1.82) is 5.41 Å². The van der Waals surface area contributed by atoms with Gasteiger partial charge in [0.2, 0.25) is 0 Å². The molecule has 0 aliphatic rings. The number of carboxylic acid groups (broad SMARTS) is 3. The number of carboxylic acids is 3. The Balaban J connectivity index is 0.000000383. The normalized spacial score (nSPS) is 10.6. The van der Waals surface area contributed by atoms with Crippen molar-refractivity contribution in [2.45, 2.75) is 38.8 Å². The molecular weight excluding hydrogens is 909 g/mol. The van der Waals surface area contributed by atoms with E-state index in [1.54, 1.807) is 23.5 Å². The number of aromatic carboxylic acids is 3. The summed E-state index contributed by atoms with van der Waals surface area (Å²) in [5.41, 5.74) is 6.86. The fourth-order valence-corrected chi connectivity index (χ4v) is 5.41. The molecule has 0 aliphatic carbocycles. The van der Waals surface area contributed by atoms with Crippen LogP contribution >= 0.6 is 23.6 Å². The third-order valence-corrected chi connectivity index (χ3v) is 8.41. The minimum Gasteiger partial charge on any atom is -0.753 e. The molecule has 5 N–H and O–H groups in total. The van der Waals surface area contributed by atoms with Crippen LogP contribution < -0.4 is 0 Å². The molecule has 5 aromatic rings. The van der Waals surface area contributed by atoms with Crippen molar-refractivity contribution in [2.75, 3.05) is 0 Å². The Morgan fingerprint density at radius 2 is 1.37 bits per heavy atom. The fourth-order valence-electron chi connectivity index (χ4n) is 4.62. The molecule has 0 fully saturated rings. The Kier molecular flexibility index (Phi) is 20.1. The maximum atomic E-state index is 12.5. The second-order valence-electron chi connectivity index (χ2n) is 11.7. The molecule has 0 amide bonds. The minimum absolute atomic E-state index is 0. The van der Waals surface area contributed by atoms with E-state index in [1.807, 2.05) is 18.2 Å². The Bertz CT molecular complexity index is 2420. The predicted octanol–water partition coefficient (Wildman–Crippen LogP) is 10.2. The number of alkyl halides is 3. The van der Waals surface area contributed by atoms with Crippen LogP contribution in [-0.2, 0) is 19.5 Å². The number of thiophene rings is 1. The summed E-state index contributed by atoms with van der Waals surface area (Å²) in [5, 5.41) is 43.0. The van der Waals surface area contributed by atoms with Crippen LogP contribution in [0.4, 0.5) is 13.2 Å². The van der Waals surface area contributed by atoms with Crippen LogP contribution in [0, 0.1) is 17.3 Å². The van der Waals surface area contributed by atoms with Crippen LogP contribution in [-0.4, -0.2) is 70.2 Å². The molecule has 0 spiro atoms. The van der Waals surface area contributed by atoms with E-state index in [1.165, 1.54) is 79.1 Å². The summed E-state index contributed by atoms with van der Waals surface area (Å²) in [6.45, 7) is 2.16. The first kappa shape index (κ1) is 49.6. The number of rotatable bonds is 12. The topological polar surface area (TPSA) is 233 Å². The maximum absolute atomic E-state index is 12.5. The number of nitrogens with zero attached hydrogens (tertiary/aromatic N) is 5. The van der Waals surface area contributed by atoms with Gasteiger partial charge in [0.05, 0.1) is 44.3 Å². The largest absolute Gasteiger partial charge is 2.00 e. The van der Waals surface area contributed by atoms with Crippen molar-refractivity contribution in [2.24, 2.45) is 0 Å². The quantitative estimate of drug-likeness (QED) is 0.0302. The zero-order chi connectivity index (χ0) is 43.5. The first-order valence-corrected chi connectivity index (χ1v) is 18.3. The summed E-state index contributed by atoms with van der Waals surface area (Å²) in [7, 11) is 0. The summed E-state index contributed by atoms with van der Waals surface area (Å²) in [6.07, 6.45) is 7.72. The van der Waals surface area contributed by atoms with E-state index in [9.17, 15) is 32.7 Å². The van der Waals surface area contributed by atoms with E-state index in [4.69, 9.17) is 26.8 Å². The van der Waals surface area contributed by atoms with E-state index in [0.717, 1.165) is 22.6 Å². The first-order chi connectivity index (χ1) is 28.1. The molecular formula is C41H32F3N7O6RuS2. The number of allylic oxidation sites excluding steroid dienone is 1. The number of hydrogen-bond donors (Lipinski definition) is 4. The molecule has 0 atom stereocenters. The number of isothiocyanates is 1. The summed E-state index contributed by atoms with van der Waals surface area (Å²) in [5.74, 6) is 2.77. The summed E-state index contributed by atoms with van der Waals surface area (Å²) < 4.78 is 37.4. The van der Waals surface area contributed by atoms with Crippen molar-refractivity contribution < 1.29 is 62.4 Å². The predicted molar refractivity (Wildman–Crippen MR) is 222 cm³/mol. The van der Waals surface area contributed by atoms with Gasteiger partial charge < -0.3 is 26.5 Å². The van der Waals surface area contributed by atoms with Crippen LogP contribution in [0.1, 0.15) is 84.7 Å². The zero-order valence-corrected chi connectivity index (χ0v) is 34.5. The molecule has 0 unspecified atom stereocenters. The average Bonchev–Trinajstić information content (AvgIpc) is 3.67. The summed E-state index contributed by atoms with van der Waals surface area (Å²) in [4.78, 5) is 52.0. The number of unbranched alkanes of at least 4 members (excludes halogenated alkanes) is 3. The third-order valence-electron chi connectivity index (χ3n) is 7.45. The summed E-state index contributed by atoms with van der Waals surface area (Å²) in [6, 6.07) is 14.8. The molecule has 0 aromatic carbocycles. The molecule has 0 saturated heterocycles. The molecule has 19 heteroatoms. The van der Waals surface area contributed by atoms with Crippen molar-refractivity contribution in [1.82, 2.24) is 19.9 Å². The van der Waals surface area contributed by atoms with E-state index < -0.39 is 35.5 Å². The molecule has 5 aromatic heterocycles. The van der Waals surface area contributed by atoms with E-state index in [0.29, 0.717) is 11.6 Å². The van der Waals surface area contributed by atoms with E-state index in [2.05, 4.69) is 50.9 Å². The van der Waals surface area contributed by atoms with Crippen LogP contribution in [0.15, 0.2) is 85.3 Å². The van der Waals surface area contributed by atoms with Gasteiger partial charge in [0, 0.05) is 35.6 Å². The van der Waals surface area contributed by atoms with Gasteiger partial charge in [-0.1, -0.05) is 49.9 Å². The molecule has 5 heterocycles. The van der Waals surface area contributed by atoms with Gasteiger partial charge in [-0.2, -0.15) is 18.3 Å². The Hall–Kier alpha value is -6.57. The number of aromatic nitrogens is 4. The first-order valence-electron chi connectivity index (χ1n) is 17.0. The molecule has 0 bridgehead atoms. The van der Waals surface area contributed by atoms with Crippen LogP contribution in [0.3, 0.4) is 0 Å². The van der Waals surface area contributed by atoms with Crippen LogP contribution in [0.25, 0.3) is 51.8 Å². The van der Waals surface area contributed by atoms with E-state index in [-0.39, 0.29) is 64.6 Å². The second kappa shape index (κ2) is 24.4. The molecule has 0 aliphatic heterocycles. The molecule has 60 heavy (non-hydrogen) atoms. The Morgan fingerprint density at radius 1 is 0.833 bits per heavy atom. The van der Waals surface area contributed by atoms with Crippen molar-refractivity contribution >= 4 is 70.2 Å². The number of halogens is 3. The van der Waals surface area contributed by atoms with Gasteiger partial charge in [-0.15, -0.1) is 17.0 Å². The standard InChI is InChI=1S/C22H21F3N3S.C18H11N3O6.CNS.Ru/c1-2-3-4-5-6-7-17-10-11-18(29-17)9-8-16-12-13-28-20(14-16)19(26)15-21(27)22(23,24)25;22-16(23)9-1-3-19-12(5-9)14-7-11(18(26)27)8-15(21-14)13-6-10(17(24)25)2-4-20-13;2-1-3;/h8-15,26-27H,2-5H2,1H3;1-8H,(H,22,23)(H,24,25)(H,26,27);;/q-1;;-1;+2/b9-8+,19-15-,27-21?;;;. The third kappa shape index (κ3) is 16.0. The maximum Gasteiger partial charge on any atom is 2.00 e. The van der Waals surface area contributed by atoms with Gasteiger partial charge in [-0.05, 0) is 84.8 Å². The zero-order valence-electron chi connectivity index (χ0n) is 31.2. The van der Waals surface area contributed by atoms with Crippen LogP contribution in [0.2, 0.25) is 0 Å².